The molecular weight excluding hydrogens is 268 g/mol. The first-order valence-corrected chi connectivity index (χ1v) is 5.69. The fraction of sp³-hybridized carbons (Fsp3) is 0.333. The number of rotatable bonds is 6. The second-order valence-corrected chi connectivity index (χ2v) is 3.80. The molecular formula is C12H14N2O6. The van der Waals surface area contributed by atoms with Crippen molar-refractivity contribution in [2.45, 2.75) is 12.6 Å². The molecule has 8 heteroatoms. The number of nitro groups is 1. The van der Waals surface area contributed by atoms with Crippen molar-refractivity contribution < 1.29 is 24.0 Å². The number of alkyl carbamates (subject to hydrolysis) is 1. The van der Waals surface area contributed by atoms with E-state index in [-0.39, 0.29) is 6.61 Å². The van der Waals surface area contributed by atoms with E-state index in [9.17, 15) is 19.7 Å². The summed E-state index contributed by atoms with van der Waals surface area (Å²) < 4.78 is 9.22. The number of ether oxygens (including phenoxy) is 2. The van der Waals surface area contributed by atoms with Gasteiger partial charge in [0.2, 0.25) is 6.54 Å². The van der Waals surface area contributed by atoms with Crippen LogP contribution in [-0.4, -0.2) is 36.7 Å². The van der Waals surface area contributed by atoms with Crippen LogP contribution in [0.2, 0.25) is 0 Å². The summed E-state index contributed by atoms with van der Waals surface area (Å²) in [6, 6.07) is 7.50. The number of benzene rings is 1. The van der Waals surface area contributed by atoms with Crippen molar-refractivity contribution in [3.63, 3.8) is 0 Å². The van der Waals surface area contributed by atoms with Gasteiger partial charge in [-0.05, 0) is 5.56 Å². The van der Waals surface area contributed by atoms with Gasteiger partial charge in [0.25, 0.3) is 0 Å². The van der Waals surface area contributed by atoms with E-state index in [4.69, 9.17) is 4.74 Å². The number of nitrogens with zero attached hydrogens (tertiary/aromatic N) is 1. The van der Waals surface area contributed by atoms with Gasteiger partial charge < -0.3 is 14.8 Å². The molecule has 20 heavy (non-hydrogen) atoms. The number of carbonyl (C=O) groups excluding carboxylic acids is 2. The molecule has 1 rings (SSSR count). The van der Waals surface area contributed by atoms with Gasteiger partial charge in [0.15, 0.2) is 6.04 Å². The molecule has 1 aromatic rings. The Bertz CT molecular complexity index is 476. The van der Waals surface area contributed by atoms with Crippen molar-refractivity contribution in [1.29, 1.82) is 0 Å². The van der Waals surface area contributed by atoms with Gasteiger partial charge in [-0.25, -0.2) is 9.59 Å². The Labute approximate surface area is 114 Å². The molecule has 0 saturated carbocycles. The van der Waals surface area contributed by atoms with Crippen molar-refractivity contribution in [3.8, 4) is 0 Å². The summed E-state index contributed by atoms with van der Waals surface area (Å²) in [7, 11) is 1.08. The average Bonchev–Trinajstić information content (AvgIpc) is 2.44. The zero-order valence-electron chi connectivity index (χ0n) is 10.8. The van der Waals surface area contributed by atoms with E-state index < -0.39 is 29.6 Å². The lowest BCUT2D eigenvalue weighted by atomic mass is 10.2. The number of methoxy groups -OCH3 is 1. The zero-order valence-corrected chi connectivity index (χ0v) is 10.8. The second kappa shape index (κ2) is 7.72. The summed E-state index contributed by atoms with van der Waals surface area (Å²) >= 11 is 0. The number of nitrogens with one attached hydrogen (secondary N) is 1. The lowest BCUT2D eigenvalue weighted by Gasteiger charge is -2.12. The third kappa shape index (κ3) is 5.34. The molecule has 0 saturated heterocycles. The lowest BCUT2D eigenvalue weighted by Crippen LogP contribution is -2.46. The van der Waals surface area contributed by atoms with Gasteiger partial charge in [0.1, 0.15) is 6.61 Å². The molecule has 0 fully saturated rings. The van der Waals surface area contributed by atoms with Crippen molar-refractivity contribution in [3.05, 3.63) is 46.0 Å². The maximum absolute atomic E-state index is 11.5. The topological polar surface area (TPSA) is 108 Å². The molecule has 0 bridgehead atoms. The zero-order chi connectivity index (χ0) is 15.0. The van der Waals surface area contributed by atoms with Crippen LogP contribution in [0.1, 0.15) is 5.56 Å². The molecule has 0 aliphatic rings. The summed E-state index contributed by atoms with van der Waals surface area (Å²) in [5, 5.41) is 12.5. The number of hydrogen-bond acceptors (Lipinski definition) is 6. The van der Waals surface area contributed by atoms with E-state index in [0.717, 1.165) is 12.7 Å². The Hall–Kier alpha value is -2.64. The van der Waals surface area contributed by atoms with Crippen LogP contribution in [0.3, 0.4) is 0 Å². The third-order valence-electron chi connectivity index (χ3n) is 2.32. The van der Waals surface area contributed by atoms with E-state index in [1.807, 2.05) is 6.07 Å². The summed E-state index contributed by atoms with van der Waals surface area (Å²) in [5.74, 6) is -0.904. The fourth-order valence-corrected chi connectivity index (χ4v) is 1.38. The minimum Gasteiger partial charge on any atom is -0.467 e. The molecule has 0 aliphatic heterocycles. The Morgan fingerprint density at radius 2 is 2.00 bits per heavy atom. The van der Waals surface area contributed by atoms with Crippen LogP contribution in [0.15, 0.2) is 30.3 Å². The van der Waals surface area contributed by atoms with Crippen LogP contribution >= 0.6 is 0 Å². The molecule has 1 atom stereocenters. The maximum atomic E-state index is 11.5. The quantitative estimate of drug-likeness (QED) is 0.468. The molecule has 0 spiro atoms. The Kier molecular flexibility index (Phi) is 5.95. The van der Waals surface area contributed by atoms with Gasteiger partial charge in [-0.1, -0.05) is 30.3 Å². The first-order valence-electron chi connectivity index (χ1n) is 5.69. The van der Waals surface area contributed by atoms with Crippen molar-refractivity contribution in [1.82, 2.24) is 5.32 Å². The molecule has 1 aromatic carbocycles. The highest BCUT2D eigenvalue weighted by Gasteiger charge is 2.27. The van der Waals surface area contributed by atoms with Crippen LogP contribution in [-0.2, 0) is 20.9 Å². The highest BCUT2D eigenvalue weighted by molar-refractivity contribution is 5.81. The second-order valence-electron chi connectivity index (χ2n) is 3.80. The van der Waals surface area contributed by atoms with Gasteiger partial charge >= 0.3 is 12.1 Å². The normalized spacial score (nSPS) is 11.2. The maximum Gasteiger partial charge on any atom is 0.408 e. The van der Waals surface area contributed by atoms with Crippen LogP contribution in [0, 0.1) is 10.1 Å². The molecule has 1 unspecified atom stereocenters. The van der Waals surface area contributed by atoms with E-state index in [2.05, 4.69) is 10.1 Å². The van der Waals surface area contributed by atoms with Crippen molar-refractivity contribution in [2.24, 2.45) is 0 Å². The van der Waals surface area contributed by atoms with Gasteiger partial charge in [-0.2, -0.15) is 0 Å². The van der Waals surface area contributed by atoms with Gasteiger partial charge in [0, 0.05) is 4.92 Å². The fourth-order valence-electron chi connectivity index (χ4n) is 1.38. The molecule has 0 radical (unpaired) electrons. The number of esters is 1. The molecule has 0 heterocycles. The summed E-state index contributed by atoms with van der Waals surface area (Å²) in [4.78, 5) is 32.4. The number of hydrogen-bond donors (Lipinski definition) is 1. The molecule has 108 valence electrons. The Morgan fingerprint density at radius 3 is 2.55 bits per heavy atom. The molecule has 8 nitrogen and oxygen atoms in total. The standard InChI is InChI=1S/C12H14N2O6/c1-19-11(15)10(7-14(17)18)13-12(16)20-8-9-5-3-2-4-6-9/h2-6,10H,7-8H2,1H3,(H,13,16). The van der Waals surface area contributed by atoms with Crippen LogP contribution < -0.4 is 5.32 Å². The Balaban J connectivity index is 2.49. The monoisotopic (exact) mass is 282 g/mol. The third-order valence-corrected chi connectivity index (χ3v) is 2.32. The lowest BCUT2D eigenvalue weighted by molar-refractivity contribution is -0.481. The minimum absolute atomic E-state index is 0.000962. The predicted octanol–water partition coefficient (Wildman–Crippen LogP) is 0.731. The van der Waals surface area contributed by atoms with E-state index in [1.165, 1.54) is 0 Å². The van der Waals surface area contributed by atoms with Crippen molar-refractivity contribution in [2.75, 3.05) is 13.7 Å². The van der Waals surface area contributed by atoms with Crippen LogP contribution in [0.5, 0.6) is 0 Å². The van der Waals surface area contributed by atoms with E-state index in [1.54, 1.807) is 24.3 Å². The molecule has 1 amide bonds. The van der Waals surface area contributed by atoms with Crippen molar-refractivity contribution >= 4 is 12.1 Å². The summed E-state index contributed by atoms with van der Waals surface area (Å²) in [6.45, 7) is -0.772. The minimum atomic E-state index is -1.38. The average molecular weight is 282 g/mol. The van der Waals surface area contributed by atoms with E-state index >= 15 is 0 Å². The molecule has 1 N–H and O–H groups in total. The van der Waals surface area contributed by atoms with Gasteiger partial charge in [-0.15, -0.1) is 0 Å². The number of amides is 1. The summed E-state index contributed by atoms with van der Waals surface area (Å²) in [5.41, 5.74) is 0.756. The smallest absolute Gasteiger partial charge is 0.408 e. The Morgan fingerprint density at radius 1 is 1.35 bits per heavy atom. The van der Waals surface area contributed by atoms with Gasteiger partial charge in [-0.3, -0.25) is 10.1 Å². The van der Waals surface area contributed by atoms with Crippen LogP contribution in [0.25, 0.3) is 0 Å². The van der Waals surface area contributed by atoms with E-state index in [0.29, 0.717) is 0 Å². The predicted molar refractivity (Wildman–Crippen MR) is 67.4 cm³/mol. The molecule has 0 aliphatic carbocycles. The highest BCUT2D eigenvalue weighted by atomic mass is 16.6. The van der Waals surface area contributed by atoms with Gasteiger partial charge in [0.05, 0.1) is 7.11 Å². The van der Waals surface area contributed by atoms with Crippen LogP contribution in [0.4, 0.5) is 4.79 Å². The summed E-state index contributed by atoms with van der Waals surface area (Å²) in [6.07, 6.45) is -0.925. The first kappa shape index (κ1) is 15.4. The first-order chi connectivity index (χ1) is 9.52. The number of carbonyl (C=O) groups is 2. The highest BCUT2D eigenvalue weighted by Crippen LogP contribution is 2.01. The SMILES string of the molecule is COC(=O)C(C[N+](=O)[O-])NC(=O)OCc1ccccc1. The largest absolute Gasteiger partial charge is 0.467 e. The molecule has 0 aromatic heterocycles.